The fourth-order valence-electron chi connectivity index (χ4n) is 3.13. The quantitative estimate of drug-likeness (QED) is 0.370. The smallest absolute Gasteiger partial charge is 0.266 e. The van der Waals surface area contributed by atoms with E-state index in [9.17, 15) is 18.4 Å². The Morgan fingerprint density at radius 1 is 0.857 bits per heavy atom. The maximum Gasteiger partial charge on any atom is 0.266 e. The molecule has 0 unspecified atom stereocenters. The first-order valence-electron chi connectivity index (χ1n) is 8.27. The molecule has 0 saturated heterocycles. The highest BCUT2D eigenvalue weighted by Crippen LogP contribution is 2.32. The van der Waals surface area contributed by atoms with Gasteiger partial charge in [0, 0.05) is 28.8 Å². The lowest BCUT2D eigenvalue weighted by molar-refractivity contribution is 0.0990. The molecule has 28 heavy (non-hydrogen) atoms. The van der Waals surface area contributed by atoms with E-state index in [4.69, 9.17) is 8.83 Å². The summed E-state index contributed by atoms with van der Waals surface area (Å²) in [6, 6.07) is 12.4. The van der Waals surface area contributed by atoms with Crippen LogP contribution in [0.4, 0.5) is 8.78 Å². The Morgan fingerprint density at radius 2 is 1.50 bits per heavy atom. The van der Waals surface area contributed by atoms with E-state index in [2.05, 4.69) is 4.98 Å². The number of benzene rings is 2. The number of fused-ring (bicyclic) bond motifs is 2. The second-order valence-electron chi connectivity index (χ2n) is 6.23. The van der Waals surface area contributed by atoms with Crippen molar-refractivity contribution in [2.45, 2.75) is 0 Å². The first-order chi connectivity index (χ1) is 13.5. The van der Waals surface area contributed by atoms with Gasteiger partial charge in [-0.15, -0.1) is 0 Å². The van der Waals surface area contributed by atoms with Gasteiger partial charge in [0.2, 0.25) is 5.89 Å². The Morgan fingerprint density at radius 3 is 2.11 bits per heavy atom. The zero-order valence-corrected chi connectivity index (χ0v) is 14.0. The highest BCUT2D eigenvalue weighted by molar-refractivity contribution is 6.41. The van der Waals surface area contributed by atoms with Crippen molar-refractivity contribution in [3.63, 3.8) is 0 Å². The number of carbonyl (C=O) groups is 2. The van der Waals surface area contributed by atoms with Crippen LogP contribution in [-0.2, 0) is 0 Å². The predicted octanol–water partition coefficient (Wildman–Crippen LogP) is 4.83. The zero-order valence-electron chi connectivity index (χ0n) is 14.0. The van der Waals surface area contributed by atoms with Crippen LogP contribution in [0.3, 0.4) is 0 Å². The number of Topliss-reactive ketones (excluding diaryl/α,β-unsaturated/α-hetero) is 2. The molecule has 0 saturated carbocycles. The number of nitrogens with zero attached hydrogens (tertiary/aromatic N) is 1. The molecule has 0 spiro atoms. The molecule has 7 heteroatoms. The Labute approximate surface area is 155 Å². The molecule has 0 N–H and O–H groups in total. The van der Waals surface area contributed by atoms with E-state index in [0.29, 0.717) is 11.3 Å². The van der Waals surface area contributed by atoms with Crippen LogP contribution in [0.1, 0.15) is 26.6 Å². The molecule has 4 aromatic rings. The lowest BCUT2D eigenvalue weighted by Crippen LogP contribution is -2.00. The van der Waals surface area contributed by atoms with Gasteiger partial charge in [0.15, 0.2) is 28.8 Å². The monoisotopic (exact) mass is 377 g/mol. The molecule has 1 aliphatic carbocycles. The van der Waals surface area contributed by atoms with Crippen molar-refractivity contribution in [2.75, 3.05) is 0 Å². The lowest BCUT2D eigenvalue weighted by atomic mass is 10.1. The Hall–Kier alpha value is -3.87. The first kappa shape index (κ1) is 16.3. The standard InChI is InChI=1S/C21H9F2NO4/c22-14-6-11-12(7-15(14)23)20(26)13(19(11)25)8-18-24-21-17(27-18)9-16(28-21)10-4-2-1-3-5-10/h1-9H. The minimum absolute atomic E-state index is 0.0150. The van der Waals surface area contributed by atoms with Gasteiger partial charge in [0.25, 0.3) is 5.71 Å². The molecule has 0 bridgehead atoms. The van der Waals surface area contributed by atoms with E-state index >= 15 is 0 Å². The van der Waals surface area contributed by atoms with Gasteiger partial charge >= 0.3 is 0 Å². The third-order valence-corrected chi connectivity index (χ3v) is 4.47. The molecule has 5 nitrogen and oxygen atoms in total. The van der Waals surface area contributed by atoms with Crippen LogP contribution < -0.4 is 0 Å². The number of oxazole rings is 1. The van der Waals surface area contributed by atoms with Crippen LogP contribution in [0.5, 0.6) is 0 Å². The van der Waals surface area contributed by atoms with Gasteiger partial charge in [0.1, 0.15) is 5.76 Å². The number of hydrogen-bond acceptors (Lipinski definition) is 5. The summed E-state index contributed by atoms with van der Waals surface area (Å²) in [6.07, 6.45) is 1.15. The average Bonchev–Trinajstić information content (AvgIpc) is 3.31. The van der Waals surface area contributed by atoms with Crippen LogP contribution in [0, 0.1) is 11.6 Å². The van der Waals surface area contributed by atoms with Gasteiger partial charge < -0.3 is 8.83 Å². The van der Waals surface area contributed by atoms with Gasteiger partial charge in [-0.05, 0) is 12.1 Å². The van der Waals surface area contributed by atoms with Crippen molar-refractivity contribution < 1.29 is 27.2 Å². The fourth-order valence-corrected chi connectivity index (χ4v) is 3.13. The zero-order chi connectivity index (χ0) is 19.4. The minimum atomic E-state index is -1.19. The molecule has 0 aliphatic heterocycles. The molecular formula is C21H9F2NO4. The minimum Gasteiger partial charge on any atom is -0.435 e. The van der Waals surface area contributed by atoms with E-state index in [1.54, 1.807) is 6.07 Å². The van der Waals surface area contributed by atoms with Crippen LogP contribution in [0.15, 0.2) is 62.9 Å². The maximum absolute atomic E-state index is 13.4. The first-order valence-corrected chi connectivity index (χ1v) is 8.27. The van der Waals surface area contributed by atoms with Crippen LogP contribution in [0.2, 0.25) is 0 Å². The molecule has 136 valence electrons. The average molecular weight is 377 g/mol. The highest BCUT2D eigenvalue weighted by Gasteiger charge is 2.35. The number of rotatable bonds is 2. The molecule has 0 fully saturated rings. The molecule has 5 rings (SSSR count). The van der Waals surface area contributed by atoms with E-state index in [1.165, 1.54) is 0 Å². The summed E-state index contributed by atoms with van der Waals surface area (Å²) >= 11 is 0. The molecule has 0 atom stereocenters. The summed E-state index contributed by atoms with van der Waals surface area (Å²) in [5.74, 6) is -3.25. The predicted molar refractivity (Wildman–Crippen MR) is 94.7 cm³/mol. The number of ketones is 2. The summed E-state index contributed by atoms with van der Waals surface area (Å²) in [5.41, 5.74) is 0.758. The van der Waals surface area contributed by atoms with Crippen molar-refractivity contribution in [1.29, 1.82) is 0 Å². The summed E-state index contributed by atoms with van der Waals surface area (Å²) in [4.78, 5) is 28.9. The van der Waals surface area contributed by atoms with E-state index in [0.717, 1.165) is 23.8 Å². The molecule has 0 amide bonds. The van der Waals surface area contributed by atoms with E-state index in [1.807, 2.05) is 30.3 Å². The number of allylic oxidation sites excluding steroid dienone is 1. The van der Waals surface area contributed by atoms with Gasteiger partial charge in [-0.2, -0.15) is 4.98 Å². The SMILES string of the molecule is O=C1C(=Cc2nc3oc(-c4ccccc4)cc3o2)C(=O)c2cc(F)c(F)cc21. The highest BCUT2D eigenvalue weighted by atomic mass is 19.2. The van der Waals surface area contributed by atoms with Gasteiger partial charge in [-0.3, -0.25) is 9.59 Å². The van der Waals surface area contributed by atoms with Crippen LogP contribution in [-0.4, -0.2) is 16.6 Å². The number of carbonyl (C=O) groups excluding carboxylic acids is 2. The second-order valence-corrected chi connectivity index (χ2v) is 6.23. The fraction of sp³-hybridized carbons (Fsp3) is 0. The van der Waals surface area contributed by atoms with Crippen LogP contribution in [0.25, 0.3) is 28.7 Å². The lowest BCUT2D eigenvalue weighted by Gasteiger charge is -1.96. The number of halogens is 2. The normalized spacial score (nSPS) is 13.4. The molecule has 2 aromatic carbocycles. The van der Waals surface area contributed by atoms with E-state index < -0.39 is 23.2 Å². The molecule has 2 heterocycles. The van der Waals surface area contributed by atoms with Crippen molar-refractivity contribution >= 4 is 28.9 Å². The molecular weight excluding hydrogens is 368 g/mol. The van der Waals surface area contributed by atoms with Crippen molar-refractivity contribution in [2.24, 2.45) is 0 Å². The number of hydrogen-bond donors (Lipinski definition) is 0. The molecule has 0 radical (unpaired) electrons. The van der Waals surface area contributed by atoms with Gasteiger partial charge in [-0.1, -0.05) is 30.3 Å². The van der Waals surface area contributed by atoms with Gasteiger partial charge in [0.05, 0.1) is 5.57 Å². The second kappa shape index (κ2) is 5.82. The summed E-state index contributed by atoms with van der Waals surface area (Å²) in [5, 5.41) is 0. The topological polar surface area (TPSA) is 73.3 Å². The number of furan rings is 1. The third kappa shape index (κ3) is 2.40. The number of aromatic nitrogens is 1. The third-order valence-electron chi connectivity index (χ3n) is 4.47. The Bertz CT molecular complexity index is 1240. The van der Waals surface area contributed by atoms with E-state index in [-0.39, 0.29) is 28.3 Å². The summed E-state index contributed by atoms with van der Waals surface area (Å²) < 4.78 is 38.0. The van der Waals surface area contributed by atoms with Crippen molar-refractivity contribution in [3.05, 3.63) is 82.8 Å². The van der Waals surface area contributed by atoms with Gasteiger partial charge in [-0.25, -0.2) is 8.78 Å². The molecule has 1 aliphatic rings. The molecule has 2 aromatic heterocycles. The Balaban J connectivity index is 1.53. The van der Waals surface area contributed by atoms with Crippen molar-refractivity contribution in [3.8, 4) is 11.3 Å². The summed E-state index contributed by atoms with van der Waals surface area (Å²) in [6.45, 7) is 0. The largest absolute Gasteiger partial charge is 0.435 e. The Kier molecular flexibility index (Phi) is 3.39. The summed E-state index contributed by atoms with van der Waals surface area (Å²) in [7, 11) is 0. The maximum atomic E-state index is 13.4. The van der Waals surface area contributed by atoms with Crippen LogP contribution >= 0.6 is 0 Å². The van der Waals surface area contributed by atoms with Crippen molar-refractivity contribution in [1.82, 2.24) is 4.98 Å².